The average molecular weight is 247 g/mol. The van der Waals surface area contributed by atoms with Crippen molar-refractivity contribution in [3.8, 4) is 0 Å². The number of rotatable bonds is 3. The first-order valence-corrected chi connectivity index (χ1v) is 7.08. The Kier molecular flexibility index (Phi) is 4.72. The van der Waals surface area contributed by atoms with E-state index in [4.69, 9.17) is 5.73 Å². The molecule has 2 rings (SSSR count). The van der Waals surface area contributed by atoms with Crippen LogP contribution in [-0.2, 0) is 0 Å². The zero-order valence-corrected chi connectivity index (χ0v) is 11.5. The van der Waals surface area contributed by atoms with Crippen LogP contribution in [0.1, 0.15) is 44.7 Å². The van der Waals surface area contributed by atoms with Gasteiger partial charge in [0.05, 0.1) is 0 Å². The Hall–Kier alpha value is -0.930. The summed E-state index contributed by atoms with van der Waals surface area (Å²) in [4.78, 5) is 6.66. The summed E-state index contributed by atoms with van der Waals surface area (Å²) < 4.78 is 0. The molecule has 2 heterocycles. The second-order valence-electron chi connectivity index (χ2n) is 5.66. The van der Waals surface area contributed by atoms with E-state index in [1.807, 2.05) is 12.4 Å². The number of nitrogens with two attached hydrogens (primary N) is 1. The molecule has 100 valence electrons. The third-order valence-corrected chi connectivity index (χ3v) is 3.99. The van der Waals surface area contributed by atoms with Crippen LogP contribution in [-0.4, -0.2) is 29.0 Å². The molecule has 1 aromatic heterocycles. The van der Waals surface area contributed by atoms with E-state index < -0.39 is 0 Å². The Bertz CT molecular complexity index is 350. The molecule has 0 spiro atoms. The summed E-state index contributed by atoms with van der Waals surface area (Å²) in [6.07, 6.45) is 7.65. The molecule has 3 heteroatoms. The van der Waals surface area contributed by atoms with Gasteiger partial charge in [0.2, 0.25) is 0 Å². The number of hydrogen-bond acceptors (Lipinski definition) is 3. The predicted octanol–water partition coefficient (Wildman–Crippen LogP) is 2.59. The molecule has 1 fully saturated rings. The minimum atomic E-state index is 0.154. The summed E-state index contributed by atoms with van der Waals surface area (Å²) >= 11 is 0. The minimum absolute atomic E-state index is 0.154. The smallest absolute Gasteiger partial charge is 0.0497 e. The van der Waals surface area contributed by atoms with Crippen molar-refractivity contribution in [1.82, 2.24) is 9.88 Å². The van der Waals surface area contributed by atoms with Gasteiger partial charge >= 0.3 is 0 Å². The van der Waals surface area contributed by atoms with E-state index in [1.165, 1.54) is 31.4 Å². The van der Waals surface area contributed by atoms with Crippen molar-refractivity contribution < 1.29 is 0 Å². The number of nitrogens with zero attached hydrogens (tertiary/aromatic N) is 2. The lowest BCUT2D eigenvalue weighted by Gasteiger charge is -2.33. The van der Waals surface area contributed by atoms with Gasteiger partial charge in [0, 0.05) is 24.5 Å². The van der Waals surface area contributed by atoms with Crippen LogP contribution in [0.4, 0.5) is 0 Å². The van der Waals surface area contributed by atoms with Gasteiger partial charge in [-0.2, -0.15) is 0 Å². The number of hydrogen-bond donors (Lipinski definition) is 1. The van der Waals surface area contributed by atoms with E-state index in [0.29, 0.717) is 6.04 Å². The Labute approximate surface area is 110 Å². The maximum Gasteiger partial charge on any atom is 0.0497 e. The fraction of sp³-hybridized carbons (Fsp3) is 0.667. The molecule has 1 aliphatic heterocycles. The topological polar surface area (TPSA) is 42.2 Å². The van der Waals surface area contributed by atoms with Gasteiger partial charge < -0.3 is 5.73 Å². The second kappa shape index (κ2) is 6.30. The first-order chi connectivity index (χ1) is 8.68. The maximum absolute atomic E-state index is 6.22. The molecular weight excluding hydrogens is 222 g/mol. The molecule has 1 saturated heterocycles. The van der Waals surface area contributed by atoms with Gasteiger partial charge in [0.15, 0.2) is 0 Å². The van der Waals surface area contributed by atoms with Crippen LogP contribution in [0.5, 0.6) is 0 Å². The van der Waals surface area contributed by atoms with E-state index in [2.05, 4.69) is 35.9 Å². The summed E-state index contributed by atoms with van der Waals surface area (Å²) in [5, 5.41) is 0. The molecule has 0 aromatic carbocycles. The molecule has 0 aliphatic carbocycles. The minimum Gasteiger partial charge on any atom is -0.326 e. The first kappa shape index (κ1) is 13.5. The van der Waals surface area contributed by atoms with Crippen molar-refractivity contribution in [3.05, 3.63) is 30.1 Å². The maximum atomic E-state index is 6.22. The molecule has 0 saturated carbocycles. The van der Waals surface area contributed by atoms with Crippen molar-refractivity contribution in [2.45, 2.75) is 45.2 Å². The van der Waals surface area contributed by atoms with Crippen LogP contribution < -0.4 is 5.73 Å². The van der Waals surface area contributed by atoms with Crippen LogP contribution >= 0.6 is 0 Å². The highest BCUT2D eigenvalue weighted by Gasteiger charge is 2.25. The second-order valence-corrected chi connectivity index (χ2v) is 5.66. The molecule has 0 radical (unpaired) electrons. The molecule has 0 amide bonds. The summed E-state index contributed by atoms with van der Waals surface area (Å²) in [7, 11) is 0. The third kappa shape index (κ3) is 3.30. The van der Waals surface area contributed by atoms with E-state index in [-0.39, 0.29) is 6.04 Å². The summed E-state index contributed by atoms with van der Waals surface area (Å²) in [5.41, 5.74) is 7.52. The Morgan fingerprint density at radius 2 is 2.00 bits per heavy atom. The van der Waals surface area contributed by atoms with Gasteiger partial charge in [0.25, 0.3) is 0 Å². The zero-order valence-electron chi connectivity index (χ0n) is 11.5. The fourth-order valence-electron chi connectivity index (χ4n) is 2.97. The Balaban J connectivity index is 2.15. The fourth-order valence-corrected chi connectivity index (χ4v) is 2.97. The van der Waals surface area contributed by atoms with Crippen molar-refractivity contribution >= 4 is 0 Å². The number of pyridine rings is 1. The van der Waals surface area contributed by atoms with Gasteiger partial charge in [0.1, 0.15) is 0 Å². The molecule has 2 N–H and O–H groups in total. The van der Waals surface area contributed by atoms with Gasteiger partial charge in [-0.3, -0.25) is 9.88 Å². The molecular formula is C15H25N3. The van der Waals surface area contributed by atoms with E-state index >= 15 is 0 Å². The van der Waals surface area contributed by atoms with Gasteiger partial charge in [-0.25, -0.2) is 0 Å². The van der Waals surface area contributed by atoms with Crippen LogP contribution in [0, 0.1) is 5.92 Å². The lowest BCUT2D eigenvalue weighted by Crippen LogP contribution is -2.40. The van der Waals surface area contributed by atoms with Crippen LogP contribution in [0.3, 0.4) is 0 Å². The lowest BCUT2D eigenvalue weighted by atomic mass is 10.00. The summed E-state index contributed by atoms with van der Waals surface area (Å²) in [6, 6.07) is 4.68. The van der Waals surface area contributed by atoms with Crippen molar-refractivity contribution in [3.63, 3.8) is 0 Å². The van der Waals surface area contributed by atoms with Gasteiger partial charge in [-0.15, -0.1) is 0 Å². The highest BCUT2D eigenvalue weighted by molar-refractivity contribution is 5.17. The van der Waals surface area contributed by atoms with Gasteiger partial charge in [-0.05, 0) is 62.9 Å². The SMILES string of the molecule is CC1CCCN(C(c2ccncc2)C(C)N)CC1. The third-order valence-electron chi connectivity index (χ3n) is 3.99. The van der Waals surface area contributed by atoms with E-state index in [1.54, 1.807) is 0 Å². The van der Waals surface area contributed by atoms with Crippen LogP contribution in [0.25, 0.3) is 0 Å². The molecule has 1 aliphatic rings. The monoisotopic (exact) mass is 247 g/mol. The molecule has 18 heavy (non-hydrogen) atoms. The normalized spacial score (nSPS) is 25.4. The molecule has 3 unspecified atom stereocenters. The number of aromatic nitrogens is 1. The summed E-state index contributed by atoms with van der Waals surface area (Å²) in [6.45, 7) is 6.80. The van der Waals surface area contributed by atoms with Crippen LogP contribution in [0.15, 0.2) is 24.5 Å². The highest BCUT2D eigenvalue weighted by atomic mass is 15.2. The highest BCUT2D eigenvalue weighted by Crippen LogP contribution is 2.27. The Morgan fingerprint density at radius 3 is 2.67 bits per heavy atom. The quantitative estimate of drug-likeness (QED) is 0.892. The van der Waals surface area contributed by atoms with Crippen molar-refractivity contribution in [1.29, 1.82) is 0 Å². The zero-order chi connectivity index (χ0) is 13.0. The first-order valence-electron chi connectivity index (χ1n) is 7.08. The van der Waals surface area contributed by atoms with Crippen LogP contribution in [0.2, 0.25) is 0 Å². The average Bonchev–Trinajstić information content (AvgIpc) is 2.56. The summed E-state index contributed by atoms with van der Waals surface area (Å²) in [5.74, 6) is 0.848. The van der Waals surface area contributed by atoms with Gasteiger partial charge in [-0.1, -0.05) is 6.92 Å². The van der Waals surface area contributed by atoms with Crippen molar-refractivity contribution in [2.24, 2.45) is 11.7 Å². The molecule has 3 atom stereocenters. The number of likely N-dealkylation sites (tertiary alicyclic amines) is 1. The molecule has 1 aromatic rings. The predicted molar refractivity (Wildman–Crippen MR) is 75.2 cm³/mol. The lowest BCUT2D eigenvalue weighted by molar-refractivity contribution is 0.181. The van der Waals surface area contributed by atoms with E-state index in [0.717, 1.165) is 12.5 Å². The standard InChI is InChI=1S/C15H25N3/c1-12-4-3-10-18(11-7-12)15(13(2)16)14-5-8-17-9-6-14/h5-6,8-9,12-13,15H,3-4,7,10-11,16H2,1-2H3. The Morgan fingerprint density at radius 1 is 1.28 bits per heavy atom. The van der Waals surface area contributed by atoms with Crippen molar-refractivity contribution in [2.75, 3.05) is 13.1 Å². The molecule has 3 nitrogen and oxygen atoms in total. The molecule has 0 bridgehead atoms. The largest absolute Gasteiger partial charge is 0.326 e. The van der Waals surface area contributed by atoms with E-state index in [9.17, 15) is 0 Å².